The normalized spacial score (nSPS) is 12.6. The number of para-hydroxylation sites is 1. The van der Waals surface area contributed by atoms with E-state index in [1.165, 1.54) is 22.1 Å². The molecule has 0 bridgehead atoms. The first-order valence-corrected chi connectivity index (χ1v) is 7.37. The van der Waals surface area contributed by atoms with Crippen molar-refractivity contribution in [1.29, 1.82) is 0 Å². The monoisotopic (exact) mass is 279 g/mol. The molecule has 3 rings (SSSR count). The summed E-state index contributed by atoms with van der Waals surface area (Å²) >= 11 is 0. The van der Waals surface area contributed by atoms with Gasteiger partial charge in [0.05, 0.1) is 6.04 Å². The van der Waals surface area contributed by atoms with E-state index < -0.39 is 0 Å². The Hall–Kier alpha value is -2.22. The van der Waals surface area contributed by atoms with Gasteiger partial charge in [-0.15, -0.1) is 0 Å². The van der Waals surface area contributed by atoms with E-state index in [-0.39, 0.29) is 6.04 Å². The van der Waals surface area contributed by atoms with Crippen molar-refractivity contribution in [3.63, 3.8) is 0 Å². The topological polar surface area (TPSA) is 25.2 Å². The summed E-state index contributed by atoms with van der Waals surface area (Å²) in [5.74, 6) is 1.01. The minimum atomic E-state index is 0.138. The second-order valence-electron chi connectivity index (χ2n) is 5.83. The van der Waals surface area contributed by atoms with Gasteiger partial charge >= 0.3 is 0 Å². The second kappa shape index (κ2) is 5.28. The average molecular weight is 279 g/mol. The van der Waals surface area contributed by atoms with Crippen LogP contribution in [0.5, 0.6) is 0 Å². The van der Waals surface area contributed by atoms with Gasteiger partial charge in [0.25, 0.3) is 0 Å². The zero-order valence-electron chi connectivity index (χ0n) is 13.0. The number of anilines is 1. The van der Waals surface area contributed by atoms with Crippen LogP contribution in [0, 0.1) is 20.8 Å². The predicted molar refractivity (Wildman–Crippen MR) is 88.9 cm³/mol. The molecule has 1 unspecified atom stereocenters. The van der Waals surface area contributed by atoms with Crippen molar-refractivity contribution in [2.75, 3.05) is 5.32 Å². The highest BCUT2D eigenvalue weighted by molar-refractivity contribution is 5.82. The summed E-state index contributed by atoms with van der Waals surface area (Å²) in [7, 11) is 0. The van der Waals surface area contributed by atoms with Crippen LogP contribution in [0.4, 0.5) is 5.69 Å². The Balaban J connectivity index is 1.93. The van der Waals surface area contributed by atoms with Crippen LogP contribution in [0.2, 0.25) is 0 Å². The van der Waals surface area contributed by atoms with Crippen molar-refractivity contribution in [3.8, 4) is 0 Å². The van der Waals surface area contributed by atoms with E-state index in [9.17, 15) is 0 Å². The van der Waals surface area contributed by atoms with Crippen LogP contribution in [-0.4, -0.2) is 0 Å². The van der Waals surface area contributed by atoms with Crippen LogP contribution in [0.15, 0.2) is 46.9 Å². The Morgan fingerprint density at radius 1 is 0.952 bits per heavy atom. The third-order valence-corrected chi connectivity index (χ3v) is 3.88. The highest BCUT2D eigenvalue weighted by Crippen LogP contribution is 2.31. The Bertz CT molecular complexity index is 765. The predicted octanol–water partition coefficient (Wildman–Crippen LogP) is 5.53. The lowest BCUT2D eigenvalue weighted by atomic mass is 10.1. The molecule has 0 saturated carbocycles. The zero-order valence-corrected chi connectivity index (χ0v) is 13.0. The third-order valence-electron chi connectivity index (χ3n) is 3.88. The Morgan fingerprint density at radius 2 is 1.62 bits per heavy atom. The van der Waals surface area contributed by atoms with Crippen LogP contribution < -0.4 is 5.32 Å². The van der Waals surface area contributed by atoms with Crippen molar-refractivity contribution in [2.24, 2.45) is 0 Å². The maximum atomic E-state index is 6.03. The van der Waals surface area contributed by atoms with Crippen LogP contribution in [0.1, 0.15) is 35.4 Å². The molecule has 0 aliphatic heterocycles. The van der Waals surface area contributed by atoms with Gasteiger partial charge in [-0.25, -0.2) is 0 Å². The van der Waals surface area contributed by atoms with Gasteiger partial charge in [0.1, 0.15) is 11.3 Å². The summed E-state index contributed by atoms with van der Waals surface area (Å²) in [6.45, 7) is 8.51. The quantitative estimate of drug-likeness (QED) is 0.681. The first-order chi connectivity index (χ1) is 10.0. The van der Waals surface area contributed by atoms with Gasteiger partial charge in [-0.3, -0.25) is 0 Å². The van der Waals surface area contributed by atoms with Crippen LogP contribution in [0.3, 0.4) is 0 Å². The summed E-state index contributed by atoms with van der Waals surface area (Å²) in [5.41, 5.74) is 5.85. The molecule has 108 valence electrons. The van der Waals surface area contributed by atoms with Crippen molar-refractivity contribution in [3.05, 3.63) is 64.9 Å². The van der Waals surface area contributed by atoms with E-state index in [2.05, 4.69) is 63.3 Å². The van der Waals surface area contributed by atoms with E-state index in [1.54, 1.807) is 0 Å². The summed E-state index contributed by atoms with van der Waals surface area (Å²) in [6, 6.07) is 14.9. The number of fused-ring (bicyclic) bond motifs is 1. The molecule has 0 saturated heterocycles. The van der Waals surface area contributed by atoms with Gasteiger partial charge in [0.2, 0.25) is 0 Å². The number of furan rings is 1. The summed E-state index contributed by atoms with van der Waals surface area (Å²) in [6.07, 6.45) is 0. The zero-order chi connectivity index (χ0) is 15.0. The van der Waals surface area contributed by atoms with E-state index in [4.69, 9.17) is 4.42 Å². The van der Waals surface area contributed by atoms with Gasteiger partial charge < -0.3 is 9.73 Å². The van der Waals surface area contributed by atoms with E-state index >= 15 is 0 Å². The molecule has 0 aliphatic rings. The fourth-order valence-electron chi connectivity index (χ4n) is 2.98. The number of rotatable bonds is 3. The van der Waals surface area contributed by atoms with Crippen molar-refractivity contribution >= 4 is 16.7 Å². The fourth-order valence-corrected chi connectivity index (χ4v) is 2.98. The molecular weight excluding hydrogens is 258 g/mol. The van der Waals surface area contributed by atoms with Crippen LogP contribution >= 0.6 is 0 Å². The van der Waals surface area contributed by atoms with Crippen molar-refractivity contribution in [2.45, 2.75) is 33.7 Å². The second-order valence-corrected chi connectivity index (χ2v) is 5.83. The largest absolute Gasteiger partial charge is 0.459 e. The lowest BCUT2D eigenvalue weighted by Crippen LogP contribution is -2.07. The summed E-state index contributed by atoms with van der Waals surface area (Å²) in [5, 5.41) is 4.74. The summed E-state index contributed by atoms with van der Waals surface area (Å²) < 4.78 is 6.03. The molecule has 2 heteroatoms. The molecular formula is C19H21NO. The maximum absolute atomic E-state index is 6.03. The highest BCUT2D eigenvalue weighted by Gasteiger charge is 2.16. The molecule has 0 aliphatic carbocycles. The van der Waals surface area contributed by atoms with E-state index in [0.717, 1.165) is 17.0 Å². The lowest BCUT2D eigenvalue weighted by Gasteiger charge is -2.15. The maximum Gasteiger partial charge on any atom is 0.134 e. The van der Waals surface area contributed by atoms with Gasteiger partial charge in [0, 0.05) is 16.6 Å². The molecule has 1 atom stereocenters. The molecule has 21 heavy (non-hydrogen) atoms. The van der Waals surface area contributed by atoms with Crippen molar-refractivity contribution in [1.82, 2.24) is 0 Å². The molecule has 1 aromatic heterocycles. The number of hydrogen-bond acceptors (Lipinski definition) is 2. The molecule has 2 nitrogen and oxygen atoms in total. The van der Waals surface area contributed by atoms with Crippen LogP contribution in [-0.2, 0) is 0 Å². The molecule has 3 aromatic rings. The SMILES string of the molecule is Cc1cc(C)cc(NC(C)c2oc3ccccc3c2C)c1. The minimum absolute atomic E-state index is 0.138. The first-order valence-electron chi connectivity index (χ1n) is 7.37. The number of nitrogens with one attached hydrogen (secondary N) is 1. The van der Waals surface area contributed by atoms with Crippen molar-refractivity contribution < 1.29 is 4.42 Å². The molecule has 0 radical (unpaired) electrons. The highest BCUT2D eigenvalue weighted by atomic mass is 16.3. The van der Waals surface area contributed by atoms with E-state index in [1.807, 2.05) is 12.1 Å². The standard InChI is InChI=1S/C19H21NO/c1-12-9-13(2)11-16(10-12)20-15(4)19-14(3)17-7-5-6-8-18(17)21-19/h5-11,15,20H,1-4H3. The number of aryl methyl sites for hydroxylation is 3. The first kappa shape index (κ1) is 13.7. The number of hydrogen-bond donors (Lipinski definition) is 1. The summed E-state index contributed by atoms with van der Waals surface area (Å²) in [4.78, 5) is 0. The third kappa shape index (κ3) is 2.66. The Labute approximate surface area is 125 Å². The van der Waals surface area contributed by atoms with Crippen LogP contribution in [0.25, 0.3) is 11.0 Å². The van der Waals surface area contributed by atoms with Gasteiger partial charge in [-0.2, -0.15) is 0 Å². The van der Waals surface area contributed by atoms with Gasteiger partial charge in [0.15, 0.2) is 0 Å². The van der Waals surface area contributed by atoms with Gasteiger partial charge in [-0.05, 0) is 57.0 Å². The molecule has 1 N–H and O–H groups in total. The minimum Gasteiger partial charge on any atom is -0.459 e. The lowest BCUT2D eigenvalue weighted by molar-refractivity contribution is 0.522. The molecule has 0 fully saturated rings. The number of benzene rings is 2. The van der Waals surface area contributed by atoms with Gasteiger partial charge in [-0.1, -0.05) is 24.3 Å². The molecule has 0 spiro atoms. The average Bonchev–Trinajstić information content (AvgIpc) is 2.76. The Morgan fingerprint density at radius 3 is 2.29 bits per heavy atom. The molecule has 2 aromatic carbocycles. The smallest absolute Gasteiger partial charge is 0.134 e. The molecule has 1 heterocycles. The Kier molecular flexibility index (Phi) is 3.46. The molecule has 0 amide bonds. The fraction of sp³-hybridized carbons (Fsp3) is 0.263. The van der Waals surface area contributed by atoms with E-state index in [0.29, 0.717) is 0 Å².